The summed E-state index contributed by atoms with van der Waals surface area (Å²) >= 11 is 0. The SMILES string of the molecule is COC(=O)N[C@H](C(=O)N1CCCC1c1ncc(-c2ccc(-c3ccc(-c4cnc([C@@H]5CCCN5C(=O)[C@@H](OC(N)=O)[C@H](C)O)[nH]4)cc3)cc2)[nH]1)[C@@H](C)O. The molecule has 16 heteroatoms. The number of rotatable bonds is 11. The van der Waals surface area contributed by atoms with Gasteiger partial charge in [-0.2, -0.15) is 0 Å². The lowest BCUT2D eigenvalue weighted by atomic mass is 10.0. The molecule has 2 aromatic carbocycles. The minimum Gasteiger partial charge on any atom is -0.453 e. The van der Waals surface area contributed by atoms with Gasteiger partial charge in [0.25, 0.3) is 5.91 Å². The van der Waals surface area contributed by atoms with E-state index in [2.05, 4.69) is 30.0 Å². The number of methoxy groups -OCH3 is 1. The molecule has 2 fully saturated rings. The molecule has 0 radical (unpaired) electrons. The molecular weight excluding hydrogens is 684 g/mol. The number of H-pyrrole nitrogens is 2. The van der Waals surface area contributed by atoms with E-state index in [9.17, 15) is 29.4 Å². The molecule has 280 valence electrons. The molecular formula is C37H44N8O8. The van der Waals surface area contributed by atoms with Crippen molar-refractivity contribution >= 4 is 24.0 Å². The van der Waals surface area contributed by atoms with E-state index in [1.54, 1.807) is 22.2 Å². The fourth-order valence-corrected chi connectivity index (χ4v) is 7.02. The Hall–Kier alpha value is -5.74. The number of primary amides is 1. The van der Waals surface area contributed by atoms with E-state index in [4.69, 9.17) is 10.5 Å². The van der Waals surface area contributed by atoms with Crippen LogP contribution in [0.4, 0.5) is 9.59 Å². The number of likely N-dealkylation sites (tertiary alicyclic amines) is 2. The smallest absolute Gasteiger partial charge is 0.407 e. The van der Waals surface area contributed by atoms with Crippen LogP contribution in [-0.4, -0.2) is 109 Å². The van der Waals surface area contributed by atoms with Gasteiger partial charge in [0.2, 0.25) is 12.0 Å². The number of carbonyl (C=O) groups excluding carboxylic acids is 4. The number of carbonyl (C=O) groups is 4. The summed E-state index contributed by atoms with van der Waals surface area (Å²) in [6.07, 6.45) is 0.642. The zero-order valence-corrected chi connectivity index (χ0v) is 29.7. The van der Waals surface area contributed by atoms with E-state index in [1.807, 2.05) is 48.5 Å². The molecule has 53 heavy (non-hydrogen) atoms. The minimum atomic E-state index is -1.39. The second-order valence-electron chi connectivity index (χ2n) is 13.4. The van der Waals surface area contributed by atoms with E-state index in [0.29, 0.717) is 37.6 Å². The number of amides is 4. The second-order valence-corrected chi connectivity index (χ2v) is 13.4. The Labute approximate surface area is 305 Å². The highest BCUT2D eigenvalue weighted by Gasteiger charge is 2.40. The summed E-state index contributed by atoms with van der Waals surface area (Å²) in [7, 11) is 1.20. The first-order chi connectivity index (χ1) is 25.4. The van der Waals surface area contributed by atoms with E-state index in [-0.39, 0.29) is 12.1 Å². The molecule has 0 bridgehead atoms. The summed E-state index contributed by atoms with van der Waals surface area (Å²) in [5, 5.41) is 22.7. The highest BCUT2D eigenvalue weighted by Crippen LogP contribution is 2.35. The van der Waals surface area contributed by atoms with E-state index < -0.39 is 48.4 Å². The van der Waals surface area contributed by atoms with Gasteiger partial charge in [-0.05, 0) is 61.8 Å². The van der Waals surface area contributed by atoms with Crippen LogP contribution in [0.15, 0.2) is 60.9 Å². The molecule has 1 unspecified atom stereocenters. The van der Waals surface area contributed by atoms with Crippen LogP contribution in [0.3, 0.4) is 0 Å². The Morgan fingerprint density at radius 2 is 1.23 bits per heavy atom. The molecule has 2 aromatic heterocycles. The number of hydrogen-bond acceptors (Lipinski definition) is 10. The monoisotopic (exact) mass is 728 g/mol. The summed E-state index contributed by atoms with van der Waals surface area (Å²) in [5.41, 5.74) is 10.5. The molecule has 4 heterocycles. The largest absolute Gasteiger partial charge is 0.453 e. The summed E-state index contributed by atoms with van der Waals surface area (Å²) in [4.78, 5) is 68.7. The molecule has 6 atom stereocenters. The van der Waals surface area contributed by atoms with Crippen molar-refractivity contribution in [3.05, 3.63) is 72.6 Å². The van der Waals surface area contributed by atoms with Crippen LogP contribution >= 0.6 is 0 Å². The lowest BCUT2D eigenvalue weighted by molar-refractivity contribution is -0.146. The fourth-order valence-electron chi connectivity index (χ4n) is 7.02. The lowest BCUT2D eigenvalue weighted by Gasteiger charge is -2.29. The molecule has 2 saturated heterocycles. The summed E-state index contributed by atoms with van der Waals surface area (Å²) in [5.74, 6) is 0.306. The summed E-state index contributed by atoms with van der Waals surface area (Å²) in [6, 6.07) is 14.2. The molecule has 4 amide bonds. The van der Waals surface area contributed by atoms with Gasteiger partial charge in [-0.3, -0.25) is 9.59 Å². The number of imidazole rings is 2. The first-order valence-corrected chi connectivity index (χ1v) is 17.5. The van der Waals surface area contributed by atoms with Crippen LogP contribution in [0.1, 0.15) is 63.3 Å². The number of alkyl carbamates (subject to hydrolysis) is 1. The van der Waals surface area contributed by atoms with Crippen molar-refractivity contribution in [1.29, 1.82) is 0 Å². The number of nitrogens with zero attached hydrogens (tertiary/aromatic N) is 4. The zero-order valence-electron chi connectivity index (χ0n) is 29.7. The fraction of sp³-hybridized carbons (Fsp3) is 0.405. The molecule has 7 N–H and O–H groups in total. The Morgan fingerprint density at radius 3 is 1.64 bits per heavy atom. The van der Waals surface area contributed by atoms with Crippen LogP contribution < -0.4 is 11.1 Å². The van der Waals surface area contributed by atoms with Crippen molar-refractivity contribution in [3.8, 4) is 33.6 Å². The predicted octanol–water partition coefficient (Wildman–Crippen LogP) is 3.41. The Morgan fingerprint density at radius 1 is 0.774 bits per heavy atom. The molecule has 16 nitrogen and oxygen atoms in total. The van der Waals surface area contributed by atoms with Gasteiger partial charge in [-0.1, -0.05) is 48.5 Å². The molecule has 0 saturated carbocycles. The number of aromatic nitrogens is 4. The van der Waals surface area contributed by atoms with Gasteiger partial charge in [-0.25, -0.2) is 19.6 Å². The number of aliphatic hydroxyl groups excluding tert-OH is 2. The van der Waals surface area contributed by atoms with Gasteiger partial charge in [0.05, 0.1) is 55.2 Å². The number of aliphatic hydroxyl groups is 2. The number of hydrogen-bond donors (Lipinski definition) is 6. The van der Waals surface area contributed by atoms with Crippen LogP contribution in [0.2, 0.25) is 0 Å². The van der Waals surface area contributed by atoms with Crippen LogP contribution in [-0.2, 0) is 19.1 Å². The number of nitrogens with two attached hydrogens (primary N) is 1. The van der Waals surface area contributed by atoms with Crippen molar-refractivity contribution in [2.45, 2.75) is 76.0 Å². The molecule has 2 aliphatic rings. The second kappa shape index (κ2) is 15.9. The summed E-state index contributed by atoms with van der Waals surface area (Å²) < 4.78 is 9.54. The maximum absolute atomic E-state index is 13.3. The third kappa shape index (κ3) is 8.03. The van der Waals surface area contributed by atoms with Gasteiger partial charge in [0.1, 0.15) is 17.7 Å². The van der Waals surface area contributed by atoms with Gasteiger partial charge >= 0.3 is 12.2 Å². The molecule has 0 aliphatic carbocycles. The van der Waals surface area contributed by atoms with Crippen molar-refractivity contribution in [2.75, 3.05) is 20.2 Å². The van der Waals surface area contributed by atoms with E-state index >= 15 is 0 Å². The number of aromatic amines is 2. The van der Waals surface area contributed by atoms with Crippen LogP contribution in [0, 0.1) is 0 Å². The van der Waals surface area contributed by atoms with Gasteiger partial charge in [0.15, 0.2) is 0 Å². The minimum absolute atomic E-state index is 0.328. The number of nitrogens with one attached hydrogen (secondary N) is 3. The lowest BCUT2D eigenvalue weighted by Crippen LogP contribution is -2.53. The van der Waals surface area contributed by atoms with E-state index in [1.165, 1.54) is 21.0 Å². The topological polar surface area (TPSA) is 229 Å². The molecule has 4 aromatic rings. The third-order valence-corrected chi connectivity index (χ3v) is 9.75. The standard InChI is InChI=1S/C37H44N8O8/c1-20(46)30(43-37(51)52-3)34(48)44-16-4-6-28(44)32-39-18-26(41-32)24-12-8-22(9-13-24)23-10-14-25(15-11-23)27-19-40-33(42-27)29-7-5-17-45(29)35(49)31(21(2)47)53-36(38)50/h8-15,18-21,28-31,46-47H,4-7,16-17H2,1-3H3,(H2,38,50)(H,39,41)(H,40,42)(H,43,51)/t20-,21+,28?,29+,30+,31+/m1/s1. The normalized spacial score (nSPS) is 19.3. The maximum Gasteiger partial charge on any atom is 0.407 e. The average molecular weight is 729 g/mol. The van der Waals surface area contributed by atoms with E-state index in [0.717, 1.165) is 46.5 Å². The van der Waals surface area contributed by atoms with Crippen molar-refractivity contribution in [2.24, 2.45) is 5.73 Å². The first kappa shape index (κ1) is 37.0. The number of benzene rings is 2. The molecule has 6 rings (SSSR count). The van der Waals surface area contributed by atoms with Gasteiger partial charge < -0.3 is 50.5 Å². The average Bonchev–Trinajstić information content (AvgIpc) is 3.98. The highest BCUT2D eigenvalue weighted by atomic mass is 16.6. The molecule has 0 spiro atoms. The first-order valence-electron chi connectivity index (χ1n) is 17.5. The van der Waals surface area contributed by atoms with Gasteiger partial charge in [-0.15, -0.1) is 0 Å². The number of ether oxygens (including phenoxy) is 2. The summed E-state index contributed by atoms with van der Waals surface area (Å²) in [6.45, 7) is 3.73. The molecule has 2 aliphatic heterocycles. The quantitative estimate of drug-likeness (QED) is 0.132. The third-order valence-electron chi connectivity index (χ3n) is 9.75. The maximum atomic E-state index is 13.3. The van der Waals surface area contributed by atoms with Crippen LogP contribution in [0.25, 0.3) is 33.6 Å². The van der Waals surface area contributed by atoms with Crippen LogP contribution in [0.5, 0.6) is 0 Å². The van der Waals surface area contributed by atoms with Crippen molar-refractivity contribution in [3.63, 3.8) is 0 Å². The van der Waals surface area contributed by atoms with Crippen molar-refractivity contribution < 1.29 is 38.9 Å². The van der Waals surface area contributed by atoms with Crippen molar-refractivity contribution in [1.82, 2.24) is 35.1 Å². The Kier molecular flexibility index (Phi) is 11.1. The Balaban J connectivity index is 1.11. The Bertz CT molecular complexity index is 1920. The van der Waals surface area contributed by atoms with Gasteiger partial charge in [0, 0.05) is 13.1 Å². The highest BCUT2D eigenvalue weighted by molar-refractivity contribution is 5.87. The zero-order chi connectivity index (χ0) is 37.8. The predicted molar refractivity (Wildman–Crippen MR) is 192 cm³/mol.